The first-order chi connectivity index (χ1) is 59.3. The van der Waals surface area contributed by atoms with Gasteiger partial charge in [-0.1, -0.05) is 276 Å². The molecule has 0 aliphatic heterocycles. The fourth-order valence-electron chi connectivity index (χ4n) is 14.0. The predicted octanol–water partition coefficient (Wildman–Crippen LogP) is 27.5. The van der Waals surface area contributed by atoms with E-state index in [1.165, 1.54) is 218 Å². The third-order valence-corrected chi connectivity index (χ3v) is 23.1. The molecule has 14 aliphatic rings. The Morgan fingerprint density at radius 2 is 0.296 bits per heavy atom. The molecule has 0 aromatic heterocycles. The van der Waals surface area contributed by atoms with Crippen molar-refractivity contribution in [3.63, 3.8) is 0 Å². The van der Waals surface area contributed by atoms with E-state index in [1.807, 2.05) is 0 Å². The van der Waals surface area contributed by atoms with Gasteiger partial charge in [-0.05, 0) is 293 Å². The molecule has 793 valence electrons. The quantitative estimate of drug-likeness (QED) is 0.129. The van der Waals surface area contributed by atoms with E-state index < -0.39 is 76.8 Å². The first-order valence-corrected chi connectivity index (χ1v) is 45.6. The average Bonchev–Trinajstić information content (AvgIpc) is 1.67. The van der Waals surface area contributed by atoms with Gasteiger partial charge in [0.1, 0.15) is 46.6 Å². The number of rotatable bonds is 0. The van der Waals surface area contributed by atoms with Crippen molar-refractivity contribution < 1.29 is 205 Å². The van der Waals surface area contributed by atoms with Crippen LogP contribution in [0.15, 0.2) is 241 Å². The fourth-order valence-corrected chi connectivity index (χ4v) is 14.0. The second-order valence-corrected chi connectivity index (χ2v) is 34.6. The van der Waals surface area contributed by atoms with Crippen molar-refractivity contribution in [2.75, 3.05) is 0 Å². The first kappa shape index (κ1) is 160. The number of halogens is 24. The van der Waals surface area contributed by atoms with E-state index in [0.717, 1.165) is 79.1 Å². The normalized spacial score (nSPS) is 23.0. The van der Waals surface area contributed by atoms with Crippen LogP contribution in [-0.2, 0) is 99.3 Å². The zero-order valence-corrected chi connectivity index (χ0v) is 92.6. The fraction of sp³-hybridized carbons (Fsp3) is 0.608. The van der Waals surface area contributed by atoms with Crippen molar-refractivity contribution in [2.24, 2.45) is 69.0 Å². The molecule has 0 amide bonds. The summed E-state index contributed by atoms with van der Waals surface area (Å²) in [6.45, 7) is 27.6. The average molecular weight is 2660 g/mol. The summed E-state index contributed by atoms with van der Waals surface area (Å²) in [6, 6.07) is 0. The molecule has 5 radical (unpaired) electrons. The molecule has 0 saturated carbocycles. The molecule has 14 rings (SSSR count). The van der Waals surface area contributed by atoms with Crippen molar-refractivity contribution in [2.45, 2.75) is 329 Å². The van der Waals surface area contributed by atoms with Gasteiger partial charge in [0, 0.05) is 123 Å². The third-order valence-electron chi connectivity index (χ3n) is 23.1. The number of allylic oxidation sites excluding steroid dienone is 40. The minimum absolute atomic E-state index is 0. The summed E-state index contributed by atoms with van der Waals surface area (Å²) in [6.07, 6.45) is 120. The largest absolute Gasteiger partial charge is 1.00 e. The summed E-state index contributed by atoms with van der Waals surface area (Å²) < 4.78 is 207. The van der Waals surface area contributed by atoms with Crippen LogP contribution >= 0.6 is 0 Å². The molecule has 0 aromatic carbocycles. The van der Waals surface area contributed by atoms with E-state index in [2.05, 4.69) is 250 Å². The molecule has 0 fully saturated rings. The molecule has 0 heterocycles. The standard InChI is InChI=1S/4C10H14.2C9H14.4C7H12.4C4H6F2.4BF3.4FH.3Ir.2Rh/c4*1-10(2)8-4-3-5-9(10)7-6-8;2*1-2-4-6-8-9-7-5-3-1;4*1-2-4-6-7-5-3-1;4*1-3(5)4(2)6;4*2-1(3)4;;;;;;;;;/h4*3-4,6-9H,5H2,1-2H3;2*1-2,7,9H,3-6,8H2;4*1-2H,3-7H2;4*1-2H3;;;;;4*1H;;;;;/p-4/b;;;;2*2-1-,9-7?;;;;;4*4-3+;;;;;;;;;;;;;. The van der Waals surface area contributed by atoms with Crippen molar-refractivity contribution in [1.29, 1.82) is 0 Å². The smallest absolute Gasteiger partial charge is 0.762 e. The second-order valence-electron chi connectivity index (χ2n) is 34.6. The Morgan fingerprint density at radius 1 is 0.185 bits per heavy atom. The van der Waals surface area contributed by atoms with Crippen LogP contribution in [0.1, 0.15) is 329 Å². The second kappa shape index (κ2) is 102. The summed E-state index contributed by atoms with van der Waals surface area (Å²) in [5, 5.41) is 0. The van der Waals surface area contributed by atoms with E-state index in [0.29, 0.717) is 45.3 Å². The summed E-state index contributed by atoms with van der Waals surface area (Å²) in [4.78, 5) is 0. The molecule has 8 atom stereocenters. The molecule has 0 nitrogen and oxygen atoms in total. The van der Waals surface area contributed by atoms with E-state index in [4.69, 9.17) is 0 Å². The van der Waals surface area contributed by atoms with E-state index in [-0.39, 0.29) is 118 Å². The zero-order chi connectivity index (χ0) is 96.2. The van der Waals surface area contributed by atoms with Crippen LogP contribution in [0.3, 0.4) is 0 Å². The van der Waals surface area contributed by atoms with Gasteiger partial charge in [0.05, 0.1) is 0 Å². The Morgan fingerprint density at radius 3 is 0.400 bits per heavy atom. The van der Waals surface area contributed by atoms with Gasteiger partial charge in [-0.3, -0.25) is 51.8 Å². The molecule has 14 aliphatic carbocycles. The Hall–Kier alpha value is -3.43. The maximum atomic E-state index is 11.3. The van der Waals surface area contributed by atoms with Gasteiger partial charge in [-0.25, -0.2) is 35.1 Å². The first-order valence-electron chi connectivity index (χ1n) is 45.6. The Labute approximate surface area is 867 Å². The van der Waals surface area contributed by atoms with Crippen LogP contribution in [-0.4, -0.2) is 30.2 Å². The molecular weight excluding hydrogens is 2510 g/mol. The molecule has 33 heteroatoms. The summed E-state index contributed by atoms with van der Waals surface area (Å²) in [5.74, 6) is 0.162. The van der Waals surface area contributed by atoms with Gasteiger partial charge < -0.3 is 18.8 Å². The Balaban J connectivity index is -0.000000107. The number of hydrogen-bond acceptors (Lipinski definition) is 0. The van der Waals surface area contributed by atoms with Crippen LogP contribution in [0.25, 0.3) is 0 Å². The molecule has 0 aromatic rings. The number of fused-ring (bicyclic) bond motifs is 8. The molecule has 0 saturated heterocycles. The van der Waals surface area contributed by atoms with Crippen molar-refractivity contribution >= 4 is 30.2 Å². The van der Waals surface area contributed by atoms with Gasteiger partial charge >= 0.3 is 30.2 Å². The van der Waals surface area contributed by atoms with E-state index in [1.54, 1.807) is 0 Å². The van der Waals surface area contributed by atoms with Crippen molar-refractivity contribution in [1.82, 2.24) is 0 Å². The van der Waals surface area contributed by atoms with Crippen LogP contribution < -0.4 is 18.8 Å². The van der Waals surface area contributed by atoms with Gasteiger partial charge in [0.15, 0.2) is 0 Å². The molecule has 0 spiro atoms. The maximum absolute atomic E-state index is 11.3. The molecule has 0 N–H and O–H groups in total. The maximum Gasteiger partial charge on any atom is 0.762 e. The topological polar surface area (TPSA) is 0 Å². The molecule has 8 bridgehead atoms. The van der Waals surface area contributed by atoms with E-state index in [9.17, 15) is 86.9 Å². The minimum atomic E-state index is -3.67. The Bertz CT molecular complexity index is 2860. The van der Waals surface area contributed by atoms with Gasteiger partial charge in [-0.15, -0.1) is 0 Å². The van der Waals surface area contributed by atoms with Gasteiger partial charge in [0.2, 0.25) is 0 Å². The zero-order valence-electron chi connectivity index (χ0n) is 82.2. The van der Waals surface area contributed by atoms with Gasteiger partial charge in [-0.2, -0.15) is 0 Å². The Kier molecular flexibility index (Phi) is 121. The van der Waals surface area contributed by atoms with E-state index >= 15 is 0 Å². The third kappa shape index (κ3) is 95.2. The van der Waals surface area contributed by atoms with Crippen molar-refractivity contribution in [3.05, 3.63) is 241 Å². The summed E-state index contributed by atoms with van der Waals surface area (Å²) in [7, 11) is -14.7. The summed E-state index contributed by atoms with van der Waals surface area (Å²) in [5.41, 5.74) is 2.03. The molecular formula is C102H156B4F24Ir3Rh2-4. The van der Waals surface area contributed by atoms with Crippen LogP contribution in [0.4, 0.5) is 86.9 Å². The summed E-state index contributed by atoms with van der Waals surface area (Å²) >= 11 is 0. The molecule has 135 heavy (non-hydrogen) atoms. The molecule has 8 unspecified atom stereocenters. The number of hydrogen-bond donors (Lipinski definition) is 0. The van der Waals surface area contributed by atoms with Gasteiger partial charge in [0.25, 0.3) is 0 Å². The predicted molar refractivity (Wildman–Crippen MR) is 505 cm³/mol. The van der Waals surface area contributed by atoms with Crippen LogP contribution in [0.2, 0.25) is 0 Å². The minimum Gasteiger partial charge on any atom is -1.00 e. The van der Waals surface area contributed by atoms with Crippen LogP contribution in [0.5, 0.6) is 0 Å². The SMILES string of the molecule is C/C(F)=C(/C)F.C/C(F)=C(/C)F.C/C(F)=C(/C)F.C/C(F)=C(/C)F.C1=CCCC/C=C\CC1.C1=CCCC/C=C\CC1.C1=CCCCCC1.C1=CCCCCC1.C1=CCCCCC1.C1=CCCCCC1.CC1(C)C2C=CCC1C=C2.CC1(C)C2C=CCC1C=C2.CC1(C)C2C=CCC1C=C2.CC1(C)C2C=CCC1C=C2.FB(F)F.FB(F)F.FB(F)F.FB(F)F.[F-].[F-].[F-].[F-].[Ir].[Ir].[Ir].[Rh].[Rh]. The van der Waals surface area contributed by atoms with Crippen molar-refractivity contribution in [3.8, 4) is 0 Å². The monoisotopic (exact) mass is 2670 g/mol. The van der Waals surface area contributed by atoms with Crippen LogP contribution in [0, 0.1) is 69.0 Å².